The molecule has 1 N–H and O–H groups in total. The molecule has 0 amide bonds. The summed E-state index contributed by atoms with van der Waals surface area (Å²) < 4.78 is 22.7. The highest BCUT2D eigenvalue weighted by molar-refractivity contribution is 5.71. The zero-order valence-corrected chi connectivity index (χ0v) is 36.5. The van der Waals surface area contributed by atoms with Crippen LogP contribution in [0.25, 0.3) is 0 Å². The number of allylic oxidation sites excluding steroid dienone is 8. The number of carboxylic acids is 1. The van der Waals surface area contributed by atoms with Gasteiger partial charge in [-0.3, -0.25) is 9.59 Å². The van der Waals surface area contributed by atoms with Gasteiger partial charge in [0, 0.05) is 12.8 Å². The Morgan fingerprint density at radius 1 is 0.536 bits per heavy atom. The minimum absolute atomic E-state index is 0.182. The van der Waals surface area contributed by atoms with Gasteiger partial charge in [0.2, 0.25) is 0 Å². The van der Waals surface area contributed by atoms with Gasteiger partial charge in [-0.05, 0) is 70.6 Å². The normalized spacial score (nSPS) is 13.4. The van der Waals surface area contributed by atoms with Crippen LogP contribution in [0.5, 0.6) is 0 Å². The van der Waals surface area contributed by atoms with E-state index in [-0.39, 0.29) is 38.6 Å². The number of esters is 2. The molecule has 2 atom stereocenters. The number of carboxylic acid groups (broad SMARTS) is 1. The number of hydrogen-bond donors (Lipinski definition) is 1. The van der Waals surface area contributed by atoms with E-state index < -0.39 is 24.3 Å². The molecule has 2 unspecified atom stereocenters. The Kier molecular flexibility index (Phi) is 37.2. The molecule has 324 valence electrons. The maximum Gasteiger partial charge on any atom is 0.361 e. The molecule has 9 nitrogen and oxygen atoms in total. The second kappa shape index (κ2) is 39.1. The third-order valence-corrected chi connectivity index (χ3v) is 9.31. The minimum Gasteiger partial charge on any atom is -0.477 e. The predicted molar refractivity (Wildman–Crippen MR) is 230 cm³/mol. The van der Waals surface area contributed by atoms with Gasteiger partial charge in [0.1, 0.15) is 13.2 Å². The summed E-state index contributed by atoms with van der Waals surface area (Å²) in [6.45, 7) is 4.77. The molecule has 0 spiro atoms. The van der Waals surface area contributed by atoms with Crippen molar-refractivity contribution in [1.29, 1.82) is 0 Å². The highest BCUT2D eigenvalue weighted by Crippen LogP contribution is 2.13. The van der Waals surface area contributed by atoms with Gasteiger partial charge in [-0.15, -0.1) is 0 Å². The summed E-state index contributed by atoms with van der Waals surface area (Å²) in [7, 11) is 5.94. The van der Waals surface area contributed by atoms with E-state index in [1.807, 2.05) is 21.1 Å². The van der Waals surface area contributed by atoms with Crippen LogP contribution in [-0.2, 0) is 33.3 Å². The lowest BCUT2D eigenvalue weighted by Gasteiger charge is -2.25. The van der Waals surface area contributed by atoms with E-state index in [0.29, 0.717) is 17.4 Å². The highest BCUT2D eigenvalue weighted by atomic mass is 16.7. The van der Waals surface area contributed by atoms with Gasteiger partial charge in [-0.25, -0.2) is 4.79 Å². The van der Waals surface area contributed by atoms with Crippen molar-refractivity contribution in [3.63, 3.8) is 0 Å². The zero-order valence-electron chi connectivity index (χ0n) is 36.5. The Balaban J connectivity index is 4.48. The summed E-state index contributed by atoms with van der Waals surface area (Å²) >= 11 is 0. The maximum absolute atomic E-state index is 12.8. The summed E-state index contributed by atoms with van der Waals surface area (Å²) in [5.74, 6) is -2.04. The smallest absolute Gasteiger partial charge is 0.361 e. The number of unbranched alkanes of at least 4 members (excludes halogenated alkanes) is 17. The monoisotopic (exact) mass is 791 g/mol. The molecule has 0 rings (SSSR count). The largest absolute Gasteiger partial charge is 0.477 e. The Morgan fingerprint density at radius 2 is 0.982 bits per heavy atom. The van der Waals surface area contributed by atoms with Crippen LogP contribution in [0.1, 0.15) is 174 Å². The Bertz CT molecular complexity index is 1060. The summed E-state index contributed by atoms with van der Waals surface area (Å²) in [4.78, 5) is 37.1. The lowest BCUT2D eigenvalue weighted by atomic mass is 10.1. The van der Waals surface area contributed by atoms with E-state index in [9.17, 15) is 19.5 Å². The number of nitrogens with zero attached hydrogens (tertiary/aromatic N) is 1. The van der Waals surface area contributed by atoms with Gasteiger partial charge in [-0.2, -0.15) is 0 Å². The van der Waals surface area contributed by atoms with Crippen LogP contribution >= 0.6 is 0 Å². The zero-order chi connectivity index (χ0) is 41.4. The third kappa shape index (κ3) is 39.5. The van der Waals surface area contributed by atoms with Gasteiger partial charge < -0.3 is 28.5 Å². The highest BCUT2D eigenvalue weighted by Gasteiger charge is 2.25. The van der Waals surface area contributed by atoms with E-state index in [1.54, 1.807) is 0 Å². The molecular formula is C47H84NO8+. The fourth-order valence-electron chi connectivity index (χ4n) is 5.76. The van der Waals surface area contributed by atoms with E-state index in [2.05, 4.69) is 62.5 Å². The second-order valence-electron chi connectivity index (χ2n) is 16.0. The van der Waals surface area contributed by atoms with E-state index >= 15 is 0 Å². The van der Waals surface area contributed by atoms with Crippen molar-refractivity contribution in [1.82, 2.24) is 0 Å². The molecular weight excluding hydrogens is 707 g/mol. The van der Waals surface area contributed by atoms with Gasteiger partial charge in [0.05, 0.1) is 34.4 Å². The molecule has 9 heteroatoms. The number of rotatable bonds is 40. The van der Waals surface area contributed by atoms with Crippen molar-refractivity contribution >= 4 is 17.9 Å². The first-order valence-corrected chi connectivity index (χ1v) is 22.3. The Morgan fingerprint density at radius 3 is 1.46 bits per heavy atom. The first kappa shape index (κ1) is 53.2. The van der Waals surface area contributed by atoms with Crippen LogP contribution in [0.3, 0.4) is 0 Å². The SMILES string of the molecule is CCCC/C=C\C/C=C\CCCCCCCC(=O)OCC(COC(OCC[N+](C)(C)C)C(=O)O)OC(=O)CCCCCCCCC/C=C\C/C=C\CCCCC. The fourth-order valence-corrected chi connectivity index (χ4v) is 5.76. The summed E-state index contributed by atoms with van der Waals surface area (Å²) in [5, 5.41) is 9.63. The van der Waals surface area contributed by atoms with Crippen LogP contribution in [0.2, 0.25) is 0 Å². The van der Waals surface area contributed by atoms with Crippen LogP contribution in [-0.4, -0.2) is 87.4 Å². The number of carbonyl (C=O) groups excluding carboxylic acids is 2. The number of aliphatic carboxylic acids is 1. The molecule has 0 aliphatic rings. The molecule has 0 aromatic rings. The second-order valence-corrected chi connectivity index (χ2v) is 16.0. The molecule has 0 aliphatic heterocycles. The molecule has 0 aliphatic carbocycles. The first-order chi connectivity index (χ1) is 27.1. The topological polar surface area (TPSA) is 108 Å². The molecule has 0 fully saturated rings. The molecule has 0 aromatic carbocycles. The molecule has 56 heavy (non-hydrogen) atoms. The van der Waals surface area contributed by atoms with Gasteiger partial charge in [0.15, 0.2) is 6.10 Å². The minimum atomic E-state index is -1.51. The van der Waals surface area contributed by atoms with Crippen LogP contribution < -0.4 is 0 Å². The van der Waals surface area contributed by atoms with Crippen LogP contribution in [0.15, 0.2) is 48.6 Å². The van der Waals surface area contributed by atoms with Gasteiger partial charge >= 0.3 is 17.9 Å². The van der Waals surface area contributed by atoms with Crippen molar-refractivity contribution in [2.24, 2.45) is 0 Å². The quantitative estimate of drug-likeness (QED) is 0.0215. The number of likely N-dealkylation sites (N-methyl/N-ethyl adjacent to an activating group) is 1. The summed E-state index contributed by atoms with van der Waals surface area (Å²) in [5.41, 5.74) is 0. The Hall–Kier alpha value is -2.75. The van der Waals surface area contributed by atoms with Crippen LogP contribution in [0, 0.1) is 0 Å². The predicted octanol–water partition coefficient (Wildman–Crippen LogP) is 11.6. The maximum atomic E-state index is 12.8. The Labute approximate surface area is 342 Å². The summed E-state index contributed by atoms with van der Waals surface area (Å²) in [6, 6.07) is 0. The number of carbonyl (C=O) groups is 3. The standard InChI is InChI=1S/C47H83NO8/c1-6-8-10-12-14-16-18-20-22-23-24-26-28-30-32-34-36-38-45(50)56-43(42-55-47(46(51)52)53-40-39-48(3,4)5)41-54-44(49)37-35-33-31-29-27-25-21-19-17-15-13-11-9-7-2/h13-16,19-22,43,47H,6-12,17-18,23-42H2,1-5H3/p+1/b15-13-,16-14-,21-19-,22-20-. The molecule has 0 saturated carbocycles. The first-order valence-electron chi connectivity index (χ1n) is 22.3. The van der Waals surface area contributed by atoms with E-state index in [0.717, 1.165) is 83.5 Å². The number of quaternary nitrogens is 1. The summed E-state index contributed by atoms with van der Waals surface area (Å²) in [6.07, 6.45) is 41.6. The number of ether oxygens (including phenoxy) is 4. The molecule has 0 bridgehead atoms. The van der Waals surface area contributed by atoms with Crippen molar-refractivity contribution in [2.45, 2.75) is 187 Å². The van der Waals surface area contributed by atoms with Crippen molar-refractivity contribution in [3.05, 3.63) is 48.6 Å². The van der Waals surface area contributed by atoms with Crippen molar-refractivity contribution in [2.75, 3.05) is 47.5 Å². The molecule has 0 radical (unpaired) electrons. The van der Waals surface area contributed by atoms with E-state index in [4.69, 9.17) is 18.9 Å². The van der Waals surface area contributed by atoms with Crippen molar-refractivity contribution in [3.8, 4) is 0 Å². The van der Waals surface area contributed by atoms with Gasteiger partial charge in [0.25, 0.3) is 6.29 Å². The third-order valence-electron chi connectivity index (χ3n) is 9.31. The average molecular weight is 791 g/mol. The number of hydrogen-bond acceptors (Lipinski definition) is 7. The lowest BCUT2D eigenvalue weighted by Crippen LogP contribution is -2.40. The van der Waals surface area contributed by atoms with Crippen LogP contribution in [0.4, 0.5) is 0 Å². The van der Waals surface area contributed by atoms with E-state index in [1.165, 1.54) is 57.8 Å². The van der Waals surface area contributed by atoms with Gasteiger partial charge in [-0.1, -0.05) is 140 Å². The molecule has 0 heterocycles. The lowest BCUT2D eigenvalue weighted by molar-refractivity contribution is -0.870. The van der Waals surface area contributed by atoms with Crippen molar-refractivity contribution < 1.29 is 42.9 Å². The molecule has 0 saturated heterocycles. The average Bonchev–Trinajstić information content (AvgIpc) is 3.15. The molecule has 0 aromatic heterocycles. The fraction of sp³-hybridized carbons (Fsp3) is 0.766.